The van der Waals surface area contributed by atoms with Gasteiger partial charge in [-0.25, -0.2) is 4.79 Å². The lowest BCUT2D eigenvalue weighted by molar-refractivity contribution is -0.138. The van der Waals surface area contributed by atoms with Gasteiger partial charge in [0.05, 0.1) is 5.56 Å². The molecule has 0 aromatic carbocycles. The summed E-state index contributed by atoms with van der Waals surface area (Å²) in [5.41, 5.74) is 1.12. The number of ether oxygens (including phenoxy) is 1. The van der Waals surface area contributed by atoms with Crippen molar-refractivity contribution in [2.75, 3.05) is 18.5 Å². The molecule has 1 saturated heterocycles. The summed E-state index contributed by atoms with van der Waals surface area (Å²) in [6.45, 7) is 7.62. The van der Waals surface area contributed by atoms with Crippen LogP contribution in [0.2, 0.25) is 0 Å². The molecule has 1 aromatic heterocycles. The van der Waals surface area contributed by atoms with Crippen molar-refractivity contribution in [2.45, 2.75) is 59.4 Å². The molecule has 7 heteroatoms. The molecular weight excluding hydrogens is 340 g/mol. The van der Waals surface area contributed by atoms with Crippen LogP contribution in [0.25, 0.3) is 0 Å². The van der Waals surface area contributed by atoms with E-state index in [1.807, 2.05) is 18.7 Å². The number of anilines is 1. The highest BCUT2D eigenvalue weighted by atomic mass is 32.1. The molecular formula is C18H26N2O4S. The summed E-state index contributed by atoms with van der Waals surface area (Å²) in [6.07, 6.45) is 4.04. The fraction of sp³-hybridized carbons (Fsp3) is 0.611. The number of thiophene rings is 1. The van der Waals surface area contributed by atoms with Crippen molar-refractivity contribution in [3.05, 3.63) is 16.0 Å². The van der Waals surface area contributed by atoms with Gasteiger partial charge in [0.1, 0.15) is 5.00 Å². The average Bonchev–Trinajstić information content (AvgIpc) is 2.85. The first-order valence-corrected chi connectivity index (χ1v) is 9.51. The monoisotopic (exact) mass is 366 g/mol. The Labute approximate surface area is 152 Å². The molecule has 1 aliphatic heterocycles. The zero-order chi connectivity index (χ0) is 18.6. The predicted molar refractivity (Wildman–Crippen MR) is 98.0 cm³/mol. The molecule has 138 valence electrons. The quantitative estimate of drug-likeness (QED) is 0.812. The summed E-state index contributed by atoms with van der Waals surface area (Å²) >= 11 is 1.34. The highest BCUT2D eigenvalue weighted by Crippen LogP contribution is 2.33. The molecule has 1 fully saturated rings. The van der Waals surface area contributed by atoms with Gasteiger partial charge in [0, 0.05) is 24.4 Å². The standard InChI is InChI=1S/C18H26N2O4S/c1-5-14-8-6-7-9-20(14)15(22)10-24-18(23)16-11(2)12(3)25-17(16)19-13(4)21/h14H,5-10H2,1-4H3,(H,19,21)/t14-/m0/s1. The number of piperidine rings is 1. The number of hydrogen-bond donors (Lipinski definition) is 1. The van der Waals surface area contributed by atoms with E-state index < -0.39 is 5.97 Å². The van der Waals surface area contributed by atoms with E-state index in [2.05, 4.69) is 12.2 Å². The molecule has 0 spiro atoms. The Morgan fingerprint density at radius 3 is 2.64 bits per heavy atom. The van der Waals surface area contributed by atoms with Crippen LogP contribution in [0, 0.1) is 13.8 Å². The van der Waals surface area contributed by atoms with Gasteiger partial charge in [0.25, 0.3) is 5.91 Å². The van der Waals surface area contributed by atoms with E-state index in [-0.39, 0.29) is 24.5 Å². The van der Waals surface area contributed by atoms with Crippen molar-refractivity contribution < 1.29 is 19.1 Å². The number of nitrogens with one attached hydrogen (secondary N) is 1. The molecule has 0 bridgehead atoms. The zero-order valence-electron chi connectivity index (χ0n) is 15.3. The fourth-order valence-corrected chi connectivity index (χ4v) is 4.25. The molecule has 2 amide bonds. The minimum absolute atomic E-state index is 0.148. The number of esters is 1. The Hall–Kier alpha value is -1.89. The van der Waals surface area contributed by atoms with Crippen molar-refractivity contribution in [3.8, 4) is 0 Å². The number of likely N-dealkylation sites (tertiary alicyclic amines) is 1. The van der Waals surface area contributed by atoms with Gasteiger partial charge in [-0.15, -0.1) is 11.3 Å². The van der Waals surface area contributed by atoms with Crippen molar-refractivity contribution >= 4 is 34.1 Å². The summed E-state index contributed by atoms with van der Waals surface area (Å²) in [5, 5.41) is 3.14. The second-order valence-corrected chi connectivity index (χ2v) is 7.61. The normalized spacial score (nSPS) is 17.3. The van der Waals surface area contributed by atoms with Gasteiger partial charge in [-0.1, -0.05) is 6.92 Å². The molecule has 0 radical (unpaired) electrons. The minimum Gasteiger partial charge on any atom is -0.452 e. The summed E-state index contributed by atoms with van der Waals surface area (Å²) in [4.78, 5) is 39.0. The van der Waals surface area contributed by atoms with Gasteiger partial charge in [0.2, 0.25) is 5.91 Å². The Morgan fingerprint density at radius 2 is 2.00 bits per heavy atom. The second-order valence-electron chi connectivity index (χ2n) is 6.39. The number of hydrogen-bond acceptors (Lipinski definition) is 5. The van der Waals surface area contributed by atoms with E-state index in [1.54, 1.807) is 0 Å². The van der Waals surface area contributed by atoms with Crippen LogP contribution in [-0.2, 0) is 14.3 Å². The first-order chi connectivity index (χ1) is 11.8. The number of carbonyl (C=O) groups excluding carboxylic acids is 3. The van der Waals surface area contributed by atoms with Crippen LogP contribution in [-0.4, -0.2) is 41.9 Å². The summed E-state index contributed by atoms with van der Waals surface area (Å²) < 4.78 is 5.28. The third kappa shape index (κ3) is 4.60. The minimum atomic E-state index is -0.566. The summed E-state index contributed by atoms with van der Waals surface area (Å²) in [7, 11) is 0. The van der Waals surface area contributed by atoms with E-state index in [4.69, 9.17) is 4.74 Å². The Bertz CT molecular complexity index is 668. The number of amides is 2. The van der Waals surface area contributed by atoms with Gasteiger partial charge in [-0.3, -0.25) is 9.59 Å². The van der Waals surface area contributed by atoms with Crippen LogP contribution in [0.4, 0.5) is 5.00 Å². The number of nitrogens with zero attached hydrogens (tertiary/aromatic N) is 1. The van der Waals surface area contributed by atoms with Crippen LogP contribution in [0.1, 0.15) is 60.3 Å². The molecule has 2 rings (SSSR count). The van der Waals surface area contributed by atoms with Crippen molar-refractivity contribution in [1.29, 1.82) is 0 Å². The third-order valence-electron chi connectivity index (χ3n) is 4.62. The fourth-order valence-electron chi connectivity index (χ4n) is 3.16. The van der Waals surface area contributed by atoms with E-state index >= 15 is 0 Å². The second kappa shape index (κ2) is 8.47. The molecule has 1 aromatic rings. The molecule has 1 N–H and O–H groups in total. The van der Waals surface area contributed by atoms with Crippen LogP contribution < -0.4 is 5.32 Å². The van der Waals surface area contributed by atoms with Crippen molar-refractivity contribution in [3.63, 3.8) is 0 Å². The highest BCUT2D eigenvalue weighted by molar-refractivity contribution is 7.16. The Kier molecular flexibility index (Phi) is 6.58. The van der Waals surface area contributed by atoms with E-state index in [0.717, 1.165) is 42.7 Å². The maximum atomic E-state index is 12.5. The lowest BCUT2D eigenvalue weighted by Crippen LogP contribution is -2.45. The predicted octanol–water partition coefficient (Wildman–Crippen LogP) is 3.27. The summed E-state index contributed by atoms with van der Waals surface area (Å²) in [6, 6.07) is 0.236. The van der Waals surface area contributed by atoms with E-state index in [0.29, 0.717) is 10.6 Å². The number of aryl methyl sites for hydroxylation is 1. The van der Waals surface area contributed by atoms with Crippen LogP contribution in [0.5, 0.6) is 0 Å². The summed E-state index contributed by atoms with van der Waals surface area (Å²) in [5.74, 6) is -0.958. The lowest BCUT2D eigenvalue weighted by Gasteiger charge is -2.35. The lowest BCUT2D eigenvalue weighted by atomic mass is 10.00. The molecule has 0 saturated carbocycles. The zero-order valence-corrected chi connectivity index (χ0v) is 16.1. The van der Waals surface area contributed by atoms with Crippen LogP contribution >= 0.6 is 11.3 Å². The van der Waals surface area contributed by atoms with Crippen LogP contribution in [0.3, 0.4) is 0 Å². The smallest absolute Gasteiger partial charge is 0.341 e. The van der Waals surface area contributed by atoms with Gasteiger partial charge in [-0.2, -0.15) is 0 Å². The SMILES string of the molecule is CC[C@H]1CCCCN1C(=O)COC(=O)c1c(NC(C)=O)sc(C)c1C. The third-order valence-corrected chi connectivity index (χ3v) is 5.75. The average molecular weight is 366 g/mol. The van der Waals surface area contributed by atoms with Crippen LogP contribution in [0.15, 0.2) is 0 Å². The number of rotatable bonds is 5. The van der Waals surface area contributed by atoms with Crippen molar-refractivity contribution in [1.82, 2.24) is 4.90 Å². The maximum absolute atomic E-state index is 12.5. The highest BCUT2D eigenvalue weighted by Gasteiger charge is 2.27. The molecule has 6 nitrogen and oxygen atoms in total. The molecule has 25 heavy (non-hydrogen) atoms. The van der Waals surface area contributed by atoms with Gasteiger partial charge < -0.3 is 15.0 Å². The first-order valence-electron chi connectivity index (χ1n) is 8.69. The molecule has 1 aliphatic rings. The van der Waals surface area contributed by atoms with E-state index in [1.165, 1.54) is 18.3 Å². The topological polar surface area (TPSA) is 75.7 Å². The van der Waals surface area contributed by atoms with Gasteiger partial charge in [0.15, 0.2) is 6.61 Å². The van der Waals surface area contributed by atoms with E-state index in [9.17, 15) is 14.4 Å². The molecule has 0 unspecified atom stereocenters. The number of carbonyl (C=O) groups is 3. The molecule has 1 atom stereocenters. The largest absolute Gasteiger partial charge is 0.452 e. The molecule has 2 heterocycles. The maximum Gasteiger partial charge on any atom is 0.341 e. The van der Waals surface area contributed by atoms with Gasteiger partial charge >= 0.3 is 5.97 Å². The van der Waals surface area contributed by atoms with Crippen molar-refractivity contribution in [2.24, 2.45) is 0 Å². The molecule has 0 aliphatic carbocycles. The van der Waals surface area contributed by atoms with Gasteiger partial charge in [-0.05, 0) is 45.1 Å². The Morgan fingerprint density at radius 1 is 1.28 bits per heavy atom. The first kappa shape index (κ1) is 19.4. The Balaban J connectivity index is 2.05.